The van der Waals surface area contributed by atoms with Crippen LogP contribution in [-0.4, -0.2) is 25.2 Å². The molecule has 0 saturated carbocycles. The second-order valence-corrected chi connectivity index (χ2v) is 6.72. The van der Waals surface area contributed by atoms with E-state index in [1.54, 1.807) is 13.8 Å². The van der Waals surface area contributed by atoms with Crippen molar-refractivity contribution in [3.8, 4) is 0 Å². The van der Waals surface area contributed by atoms with Crippen LogP contribution < -0.4 is 0 Å². The first-order chi connectivity index (χ1) is 10.6. The van der Waals surface area contributed by atoms with Gasteiger partial charge >= 0.3 is 11.9 Å². The summed E-state index contributed by atoms with van der Waals surface area (Å²) in [6.45, 7) is 4.28. The van der Waals surface area contributed by atoms with Crippen LogP contribution in [0, 0.1) is 0 Å². The van der Waals surface area contributed by atoms with E-state index in [9.17, 15) is 9.59 Å². The Morgan fingerprint density at radius 2 is 1.27 bits per heavy atom. The maximum absolute atomic E-state index is 11.9. The van der Waals surface area contributed by atoms with Crippen LogP contribution in [0.1, 0.15) is 33.2 Å². The fraction of sp³-hybridized carbons (Fsp3) is 0.250. The number of ether oxygens (including phenoxy) is 2. The number of fused-ring (bicyclic) bond motifs is 3. The van der Waals surface area contributed by atoms with Crippen molar-refractivity contribution in [3.63, 3.8) is 0 Å². The molecule has 0 atom stereocenters. The van der Waals surface area contributed by atoms with Crippen molar-refractivity contribution in [3.05, 3.63) is 34.0 Å². The van der Waals surface area contributed by atoms with E-state index in [2.05, 4.69) is 0 Å². The molecule has 3 rings (SSSR count). The lowest BCUT2D eigenvalue weighted by Crippen LogP contribution is -2.01. The first-order valence-electron chi connectivity index (χ1n) is 6.94. The van der Waals surface area contributed by atoms with Crippen LogP contribution in [0.3, 0.4) is 0 Å². The van der Waals surface area contributed by atoms with Crippen LogP contribution in [0.4, 0.5) is 0 Å². The first kappa shape index (κ1) is 15.0. The predicted molar refractivity (Wildman–Crippen MR) is 89.1 cm³/mol. The van der Waals surface area contributed by atoms with E-state index in [0.717, 1.165) is 20.2 Å². The van der Waals surface area contributed by atoms with Crippen LogP contribution in [0.2, 0.25) is 0 Å². The summed E-state index contributed by atoms with van der Waals surface area (Å²) >= 11 is 2.80. The minimum atomic E-state index is -0.308. The van der Waals surface area contributed by atoms with Crippen molar-refractivity contribution in [2.45, 2.75) is 13.8 Å². The first-order valence-corrected chi connectivity index (χ1v) is 8.57. The van der Waals surface area contributed by atoms with Crippen LogP contribution >= 0.6 is 22.7 Å². The number of hydrogen-bond acceptors (Lipinski definition) is 6. The van der Waals surface area contributed by atoms with E-state index in [1.165, 1.54) is 22.7 Å². The Balaban J connectivity index is 2.10. The number of carbonyl (C=O) groups is 2. The number of carbonyl (C=O) groups excluding carboxylic acids is 2. The summed E-state index contributed by atoms with van der Waals surface area (Å²) in [7, 11) is 0. The van der Waals surface area contributed by atoms with Gasteiger partial charge in [0, 0.05) is 20.2 Å². The van der Waals surface area contributed by atoms with Gasteiger partial charge in [-0.1, -0.05) is 0 Å². The maximum atomic E-state index is 11.9. The fourth-order valence-corrected chi connectivity index (χ4v) is 4.18. The molecule has 3 aromatic rings. The molecule has 0 unspecified atom stereocenters. The van der Waals surface area contributed by atoms with E-state index in [4.69, 9.17) is 9.47 Å². The van der Waals surface area contributed by atoms with E-state index >= 15 is 0 Å². The minimum Gasteiger partial charge on any atom is -0.462 e. The highest BCUT2D eigenvalue weighted by Crippen LogP contribution is 2.36. The van der Waals surface area contributed by atoms with Gasteiger partial charge in [0.05, 0.1) is 13.2 Å². The topological polar surface area (TPSA) is 52.6 Å². The maximum Gasteiger partial charge on any atom is 0.348 e. The molecule has 0 radical (unpaired) electrons. The third kappa shape index (κ3) is 2.60. The Hall–Kier alpha value is -1.92. The molecule has 0 amide bonds. The van der Waals surface area contributed by atoms with Crippen molar-refractivity contribution in [2.75, 3.05) is 13.2 Å². The molecule has 0 aliphatic rings. The highest BCUT2D eigenvalue weighted by Gasteiger charge is 2.16. The lowest BCUT2D eigenvalue weighted by atomic mass is 10.1. The SMILES string of the molecule is CCOC(=O)c1cc2c(ccc3sc(C(=O)OCC)cc32)s1. The molecule has 0 spiro atoms. The summed E-state index contributed by atoms with van der Waals surface area (Å²) in [5.74, 6) is -0.615. The van der Waals surface area contributed by atoms with Gasteiger partial charge in [0.1, 0.15) is 9.75 Å². The van der Waals surface area contributed by atoms with Gasteiger partial charge in [-0.25, -0.2) is 9.59 Å². The van der Waals surface area contributed by atoms with Crippen LogP contribution in [-0.2, 0) is 9.47 Å². The van der Waals surface area contributed by atoms with Crippen molar-refractivity contribution < 1.29 is 19.1 Å². The Kier molecular flexibility index (Phi) is 4.13. The largest absolute Gasteiger partial charge is 0.462 e. The second-order valence-electron chi connectivity index (χ2n) is 4.55. The molecule has 0 fully saturated rings. The molecule has 2 aromatic heterocycles. The molecule has 0 N–H and O–H groups in total. The number of benzene rings is 1. The van der Waals surface area contributed by atoms with E-state index in [0.29, 0.717) is 23.0 Å². The molecule has 0 saturated heterocycles. The molecule has 1 aromatic carbocycles. The zero-order valence-electron chi connectivity index (χ0n) is 12.2. The molecule has 0 aliphatic heterocycles. The molecule has 4 nitrogen and oxygen atoms in total. The molecule has 2 heterocycles. The zero-order valence-corrected chi connectivity index (χ0v) is 13.8. The Morgan fingerprint density at radius 3 is 1.64 bits per heavy atom. The lowest BCUT2D eigenvalue weighted by molar-refractivity contribution is 0.0522. The van der Waals surface area contributed by atoms with E-state index in [1.807, 2.05) is 24.3 Å². The molecular formula is C16H14O4S2. The van der Waals surface area contributed by atoms with Gasteiger partial charge in [0.15, 0.2) is 0 Å². The smallest absolute Gasteiger partial charge is 0.348 e. The summed E-state index contributed by atoms with van der Waals surface area (Å²) in [6.07, 6.45) is 0. The molecule has 6 heteroatoms. The van der Waals surface area contributed by atoms with Gasteiger partial charge in [-0.3, -0.25) is 0 Å². The number of hydrogen-bond donors (Lipinski definition) is 0. The molecule has 22 heavy (non-hydrogen) atoms. The second kappa shape index (κ2) is 6.06. The molecule has 114 valence electrons. The predicted octanol–water partition coefficient (Wildman–Crippen LogP) is 4.47. The zero-order chi connectivity index (χ0) is 15.7. The summed E-state index contributed by atoms with van der Waals surface area (Å²) in [4.78, 5) is 24.9. The van der Waals surface area contributed by atoms with Gasteiger partial charge in [0.25, 0.3) is 0 Å². The third-order valence-electron chi connectivity index (χ3n) is 3.15. The third-order valence-corrected chi connectivity index (χ3v) is 5.31. The van der Waals surface area contributed by atoms with Gasteiger partial charge in [0.2, 0.25) is 0 Å². The average Bonchev–Trinajstić information content (AvgIpc) is 3.11. The summed E-state index contributed by atoms with van der Waals surface area (Å²) in [5.41, 5.74) is 0. The van der Waals surface area contributed by atoms with E-state index < -0.39 is 0 Å². The summed E-state index contributed by atoms with van der Waals surface area (Å²) in [6, 6.07) is 7.61. The quantitative estimate of drug-likeness (QED) is 0.661. The standard InChI is InChI=1S/C16H14O4S2/c1-3-19-15(17)13-7-9-10-8-14(16(18)20-4-2)22-12(10)6-5-11(9)21-13/h5-8H,3-4H2,1-2H3. The van der Waals surface area contributed by atoms with Crippen molar-refractivity contribution in [2.24, 2.45) is 0 Å². The van der Waals surface area contributed by atoms with Crippen LogP contribution in [0.5, 0.6) is 0 Å². The number of esters is 2. The normalized spacial score (nSPS) is 11.0. The molecule has 0 bridgehead atoms. The fourth-order valence-electron chi connectivity index (χ4n) is 2.24. The monoisotopic (exact) mass is 334 g/mol. The lowest BCUT2D eigenvalue weighted by Gasteiger charge is -1.96. The van der Waals surface area contributed by atoms with Gasteiger partial charge in [-0.2, -0.15) is 0 Å². The van der Waals surface area contributed by atoms with E-state index in [-0.39, 0.29) is 11.9 Å². The molecular weight excluding hydrogens is 320 g/mol. The van der Waals surface area contributed by atoms with Crippen molar-refractivity contribution in [1.29, 1.82) is 0 Å². The average molecular weight is 334 g/mol. The number of rotatable bonds is 4. The van der Waals surface area contributed by atoms with Crippen LogP contribution in [0.15, 0.2) is 24.3 Å². The Morgan fingerprint density at radius 1 is 0.864 bits per heavy atom. The van der Waals surface area contributed by atoms with Crippen LogP contribution in [0.25, 0.3) is 20.2 Å². The summed E-state index contributed by atoms with van der Waals surface area (Å²) in [5, 5.41) is 1.94. The van der Waals surface area contributed by atoms with Gasteiger partial charge in [-0.05, 0) is 38.1 Å². The minimum absolute atomic E-state index is 0.308. The van der Waals surface area contributed by atoms with Crippen molar-refractivity contribution in [1.82, 2.24) is 0 Å². The number of thiophene rings is 2. The highest BCUT2D eigenvalue weighted by molar-refractivity contribution is 7.22. The van der Waals surface area contributed by atoms with Crippen molar-refractivity contribution >= 4 is 54.8 Å². The summed E-state index contributed by atoms with van der Waals surface area (Å²) < 4.78 is 12.1. The Labute approximate surface area is 135 Å². The van der Waals surface area contributed by atoms with Gasteiger partial charge < -0.3 is 9.47 Å². The van der Waals surface area contributed by atoms with Gasteiger partial charge in [-0.15, -0.1) is 22.7 Å². The Bertz CT molecular complexity index is 788. The highest BCUT2D eigenvalue weighted by atomic mass is 32.1. The molecule has 0 aliphatic carbocycles.